The zero-order chi connectivity index (χ0) is 25.8. The van der Waals surface area contributed by atoms with E-state index in [9.17, 15) is 9.59 Å². The van der Waals surface area contributed by atoms with Crippen LogP contribution in [0.4, 0.5) is 11.4 Å². The summed E-state index contributed by atoms with van der Waals surface area (Å²) in [6.45, 7) is 4.68. The minimum atomic E-state index is -0.451. The molecule has 1 fully saturated rings. The van der Waals surface area contributed by atoms with Crippen LogP contribution < -0.4 is 11.5 Å². The quantitative estimate of drug-likeness (QED) is 0.139. The average Bonchev–Trinajstić information content (AvgIpc) is 2.88. The lowest BCUT2D eigenvalue weighted by atomic mass is 9.95. The molecule has 1 aliphatic rings. The van der Waals surface area contributed by atoms with E-state index in [4.69, 9.17) is 25.7 Å². The molecule has 0 unspecified atom stereocenters. The largest absolute Gasteiger partial charge is 0.462 e. The second-order valence-corrected chi connectivity index (χ2v) is 8.94. The van der Waals surface area contributed by atoms with Crippen molar-refractivity contribution in [1.29, 1.82) is 0 Å². The predicted octanol–water partition coefficient (Wildman–Crippen LogP) is 5.10. The van der Waals surface area contributed by atoms with Crippen molar-refractivity contribution in [2.45, 2.75) is 57.2 Å². The maximum atomic E-state index is 12.5. The van der Waals surface area contributed by atoms with Crippen molar-refractivity contribution in [3.63, 3.8) is 0 Å². The molecule has 0 spiro atoms. The van der Waals surface area contributed by atoms with Crippen LogP contribution in [0.5, 0.6) is 0 Å². The summed E-state index contributed by atoms with van der Waals surface area (Å²) in [6.07, 6.45) is 11.0. The van der Waals surface area contributed by atoms with Gasteiger partial charge >= 0.3 is 11.9 Å². The van der Waals surface area contributed by atoms with Gasteiger partial charge in [-0.3, -0.25) is 0 Å². The van der Waals surface area contributed by atoms with Crippen molar-refractivity contribution in [2.24, 2.45) is 0 Å². The number of hydrogen-bond donors (Lipinski definition) is 2. The number of hydrogen-bond acceptors (Lipinski definition) is 7. The Balaban J connectivity index is 1.37. The molecule has 3 rings (SSSR count). The molecule has 1 aliphatic carbocycles. The van der Waals surface area contributed by atoms with E-state index < -0.39 is 5.97 Å². The smallest absolute Gasteiger partial charge is 0.338 e. The lowest BCUT2D eigenvalue weighted by Crippen LogP contribution is -2.28. The zero-order valence-electron chi connectivity index (χ0n) is 20.7. The highest BCUT2D eigenvalue weighted by Crippen LogP contribution is 2.25. The van der Waals surface area contributed by atoms with E-state index in [0.717, 1.165) is 56.3 Å². The van der Waals surface area contributed by atoms with E-state index in [-0.39, 0.29) is 24.8 Å². The van der Waals surface area contributed by atoms with Crippen LogP contribution in [-0.2, 0) is 25.4 Å². The van der Waals surface area contributed by atoms with E-state index in [2.05, 4.69) is 6.58 Å². The van der Waals surface area contributed by atoms with Gasteiger partial charge in [0.15, 0.2) is 0 Å². The molecule has 2 aromatic carbocycles. The molecule has 4 N–H and O–H groups in total. The van der Waals surface area contributed by atoms with Crippen molar-refractivity contribution in [3.8, 4) is 0 Å². The van der Waals surface area contributed by atoms with Gasteiger partial charge in [0, 0.05) is 30.5 Å². The molecule has 0 aliphatic heterocycles. The first-order chi connectivity index (χ1) is 17.4. The predicted molar refractivity (Wildman–Crippen MR) is 142 cm³/mol. The Labute approximate surface area is 213 Å². The number of carbonyl (C=O) groups excluding carboxylic acids is 2. The third kappa shape index (κ3) is 8.89. The maximum absolute atomic E-state index is 12.5. The van der Waals surface area contributed by atoms with Crippen molar-refractivity contribution in [3.05, 3.63) is 77.9 Å². The molecule has 192 valence electrons. The fourth-order valence-electron chi connectivity index (χ4n) is 4.06. The Hall–Kier alpha value is -3.58. The number of unbranched alkanes of at least 4 members (excludes halogenated alkanes) is 1. The molecule has 0 bridgehead atoms. The number of carbonyl (C=O) groups is 2. The highest BCUT2D eigenvalue weighted by molar-refractivity contribution is 5.90. The molecule has 1 saturated carbocycles. The van der Waals surface area contributed by atoms with Crippen LogP contribution in [0.15, 0.2) is 61.2 Å². The average molecular weight is 493 g/mol. The number of allylic oxidation sites excluding steroid dienone is 1. The SMILES string of the molecule is C=CCCCOC1CCC(OC(=O)c2ccc(/C=C/C(=O)OCCc3ccc(N)cc3N)cc2)CC1. The molecule has 0 atom stereocenters. The van der Waals surface area contributed by atoms with Crippen LogP contribution in [0, 0.1) is 0 Å². The van der Waals surface area contributed by atoms with Crippen molar-refractivity contribution >= 4 is 29.4 Å². The number of esters is 2. The molecular weight excluding hydrogens is 456 g/mol. The lowest BCUT2D eigenvalue weighted by molar-refractivity contribution is -0.137. The van der Waals surface area contributed by atoms with E-state index in [1.807, 2.05) is 12.1 Å². The Bertz CT molecular complexity index is 1040. The Kier molecular flexibility index (Phi) is 10.6. The summed E-state index contributed by atoms with van der Waals surface area (Å²) >= 11 is 0. The minimum Gasteiger partial charge on any atom is -0.462 e. The standard InChI is InChI=1S/C29H36N2O5/c1-2-3-4-18-34-25-12-14-26(15-13-25)36-29(33)23-8-5-21(6-9-23)7-16-28(32)35-19-17-22-10-11-24(30)20-27(22)31/h2,5-11,16,20,25-26H,1,3-4,12-15,17-19,30-31H2/b16-7+. The van der Waals surface area contributed by atoms with E-state index in [1.54, 1.807) is 42.5 Å². The van der Waals surface area contributed by atoms with Crippen LogP contribution in [0.2, 0.25) is 0 Å². The van der Waals surface area contributed by atoms with Crippen LogP contribution in [-0.4, -0.2) is 37.4 Å². The lowest BCUT2D eigenvalue weighted by Gasteiger charge is -2.28. The van der Waals surface area contributed by atoms with Gasteiger partial charge in [-0.15, -0.1) is 6.58 Å². The van der Waals surface area contributed by atoms with Crippen molar-refractivity contribution < 1.29 is 23.8 Å². The number of rotatable bonds is 12. The Morgan fingerprint density at radius 1 is 0.972 bits per heavy atom. The summed E-state index contributed by atoms with van der Waals surface area (Å²) < 4.78 is 16.8. The van der Waals surface area contributed by atoms with Gasteiger partial charge in [-0.1, -0.05) is 24.3 Å². The molecule has 7 nitrogen and oxygen atoms in total. The molecule has 0 amide bonds. The van der Waals surface area contributed by atoms with Gasteiger partial charge in [0.25, 0.3) is 0 Å². The zero-order valence-corrected chi connectivity index (χ0v) is 20.7. The van der Waals surface area contributed by atoms with Crippen LogP contribution in [0.1, 0.15) is 60.0 Å². The summed E-state index contributed by atoms with van der Waals surface area (Å²) in [5, 5.41) is 0. The van der Waals surface area contributed by atoms with Gasteiger partial charge < -0.3 is 25.7 Å². The third-order valence-corrected chi connectivity index (χ3v) is 6.14. The fourth-order valence-corrected chi connectivity index (χ4v) is 4.06. The molecule has 0 radical (unpaired) electrons. The summed E-state index contributed by atoms with van der Waals surface area (Å²) in [7, 11) is 0. The van der Waals surface area contributed by atoms with Crippen molar-refractivity contribution in [1.82, 2.24) is 0 Å². The normalized spacial score (nSPS) is 17.6. The highest BCUT2D eigenvalue weighted by atomic mass is 16.5. The number of ether oxygens (including phenoxy) is 3. The highest BCUT2D eigenvalue weighted by Gasteiger charge is 2.24. The molecule has 36 heavy (non-hydrogen) atoms. The number of nitrogen functional groups attached to an aromatic ring is 2. The molecule has 0 saturated heterocycles. The summed E-state index contributed by atoms with van der Waals surface area (Å²) in [6, 6.07) is 12.2. The number of nitrogens with two attached hydrogens (primary N) is 2. The second kappa shape index (κ2) is 14.1. The fraction of sp³-hybridized carbons (Fsp3) is 0.379. The first-order valence-electron chi connectivity index (χ1n) is 12.5. The number of anilines is 2. The molecule has 0 heterocycles. The summed E-state index contributed by atoms with van der Waals surface area (Å²) in [4.78, 5) is 24.5. The Morgan fingerprint density at radius 2 is 1.69 bits per heavy atom. The van der Waals surface area contributed by atoms with E-state index in [0.29, 0.717) is 23.4 Å². The molecule has 7 heteroatoms. The second-order valence-electron chi connectivity index (χ2n) is 8.94. The minimum absolute atomic E-state index is 0.0801. The summed E-state index contributed by atoms with van der Waals surface area (Å²) in [5.74, 6) is -0.782. The van der Waals surface area contributed by atoms with Gasteiger partial charge in [-0.25, -0.2) is 9.59 Å². The molecular formula is C29H36N2O5. The van der Waals surface area contributed by atoms with Gasteiger partial charge in [-0.05, 0) is 80.0 Å². The van der Waals surface area contributed by atoms with E-state index in [1.165, 1.54) is 6.08 Å². The summed E-state index contributed by atoms with van der Waals surface area (Å²) in [5.41, 5.74) is 14.9. The van der Waals surface area contributed by atoms with E-state index >= 15 is 0 Å². The van der Waals surface area contributed by atoms with Crippen LogP contribution in [0.25, 0.3) is 6.08 Å². The Morgan fingerprint density at radius 3 is 2.39 bits per heavy atom. The first-order valence-corrected chi connectivity index (χ1v) is 12.5. The van der Waals surface area contributed by atoms with Gasteiger partial charge in [0.05, 0.1) is 18.3 Å². The van der Waals surface area contributed by atoms with Crippen LogP contribution >= 0.6 is 0 Å². The van der Waals surface area contributed by atoms with Crippen LogP contribution in [0.3, 0.4) is 0 Å². The topological polar surface area (TPSA) is 114 Å². The maximum Gasteiger partial charge on any atom is 0.338 e. The van der Waals surface area contributed by atoms with Gasteiger partial charge in [0.2, 0.25) is 0 Å². The molecule has 2 aromatic rings. The third-order valence-electron chi connectivity index (χ3n) is 6.14. The monoisotopic (exact) mass is 492 g/mol. The number of benzene rings is 2. The van der Waals surface area contributed by atoms with Gasteiger partial charge in [-0.2, -0.15) is 0 Å². The first kappa shape index (κ1) is 27.0. The van der Waals surface area contributed by atoms with Crippen molar-refractivity contribution in [2.75, 3.05) is 24.7 Å². The van der Waals surface area contributed by atoms with Gasteiger partial charge in [0.1, 0.15) is 6.10 Å². The molecule has 0 aromatic heterocycles.